The molecule has 2 N–H and O–H groups in total. The molecule has 1 unspecified atom stereocenters. The average molecular weight is 359 g/mol. The van der Waals surface area contributed by atoms with Crippen molar-refractivity contribution in [2.75, 3.05) is 44.6 Å². The lowest BCUT2D eigenvalue weighted by Crippen LogP contribution is -2.58. The first-order valence-corrected chi connectivity index (χ1v) is 10.2. The van der Waals surface area contributed by atoms with E-state index >= 15 is 0 Å². The van der Waals surface area contributed by atoms with Crippen molar-refractivity contribution in [3.05, 3.63) is 30.3 Å². The first kappa shape index (κ1) is 17.3. The molecule has 0 aliphatic carbocycles. The highest BCUT2D eigenvalue weighted by molar-refractivity contribution is 7.80. The molecule has 4 nitrogen and oxygen atoms in total. The van der Waals surface area contributed by atoms with Gasteiger partial charge in [0.1, 0.15) is 0 Å². The highest BCUT2D eigenvalue weighted by Crippen LogP contribution is 2.36. The molecule has 0 spiro atoms. The molecule has 1 aromatic carbocycles. The van der Waals surface area contributed by atoms with Gasteiger partial charge in [0.15, 0.2) is 5.11 Å². The summed E-state index contributed by atoms with van der Waals surface area (Å²) < 4.78 is 0. The van der Waals surface area contributed by atoms with Gasteiger partial charge in [0.25, 0.3) is 0 Å². The monoisotopic (exact) mass is 358 g/mol. The average Bonchev–Trinajstić information content (AvgIpc) is 3.15. The highest BCUT2D eigenvalue weighted by Gasteiger charge is 2.40. The fraction of sp³-hybridized carbons (Fsp3) is 0.650. The fourth-order valence-electron chi connectivity index (χ4n) is 4.87. The third-order valence-electron chi connectivity index (χ3n) is 6.24. The Kier molecular flexibility index (Phi) is 5.54. The molecule has 4 aliphatic rings. The molecule has 0 saturated carbocycles. The molecular weight excluding hydrogens is 328 g/mol. The Balaban J connectivity index is 1.24. The van der Waals surface area contributed by atoms with Crippen LogP contribution in [0.5, 0.6) is 0 Å². The molecular formula is C20H30N4S. The van der Waals surface area contributed by atoms with Crippen molar-refractivity contribution in [1.82, 2.24) is 15.1 Å². The van der Waals surface area contributed by atoms with Gasteiger partial charge in [-0.3, -0.25) is 4.90 Å². The zero-order chi connectivity index (χ0) is 17.1. The number of fused-ring (bicyclic) bond motifs is 3. The summed E-state index contributed by atoms with van der Waals surface area (Å²) >= 11 is 5.46. The predicted octanol–water partition coefficient (Wildman–Crippen LogP) is 2.78. The second-order valence-corrected chi connectivity index (χ2v) is 8.31. The van der Waals surface area contributed by atoms with E-state index in [1.165, 1.54) is 58.4 Å². The lowest BCUT2D eigenvalue weighted by molar-refractivity contribution is -0.00792. The van der Waals surface area contributed by atoms with Crippen LogP contribution in [0.25, 0.3) is 0 Å². The maximum absolute atomic E-state index is 5.46. The third-order valence-corrected chi connectivity index (χ3v) is 6.48. The number of hydrogen-bond acceptors (Lipinski definition) is 3. The summed E-state index contributed by atoms with van der Waals surface area (Å²) in [5, 5.41) is 7.46. The van der Waals surface area contributed by atoms with Gasteiger partial charge < -0.3 is 15.5 Å². The van der Waals surface area contributed by atoms with Crippen LogP contribution >= 0.6 is 12.2 Å². The topological polar surface area (TPSA) is 30.5 Å². The van der Waals surface area contributed by atoms with E-state index in [1.807, 2.05) is 30.3 Å². The van der Waals surface area contributed by atoms with E-state index in [2.05, 4.69) is 20.4 Å². The number of thiocarbonyl (C=S) groups is 1. The fourth-order valence-corrected chi connectivity index (χ4v) is 5.07. The molecule has 0 radical (unpaired) electrons. The molecule has 5 rings (SSSR count). The minimum absolute atomic E-state index is 0.643. The summed E-state index contributed by atoms with van der Waals surface area (Å²) in [4.78, 5) is 5.40. The van der Waals surface area contributed by atoms with Crippen LogP contribution in [0.1, 0.15) is 25.7 Å². The largest absolute Gasteiger partial charge is 0.361 e. The molecule has 136 valence electrons. The quantitative estimate of drug-likeness (QED) is 0.791. The third kappa shape index (κ3) is 4.33. The van der Waals surface area contributed by atoms with Crippen molar-refractivity contribution in [3.8, 4) is 0 Å². The zero-order valence-electron chi connectivity index (χ0n) is 15.0. The Hall–Kier alpha value is -1.17. The zero-order valence-corrected chi connectivity index (χ0v) is 15.8. The Morgan fingerprint density at radius 3 is 2.64 bits per heavy atom. The highest BCUT2D eigenvalue weighted by atomic mass is 32.1. The number of nitrogens with zero attached hydrogens (tertiary/aromatic N) is 2. The normalized spacial score (nSPS) is 31.8. The summed E-state index contributed by atoms with van der Waals surface area (Å²) in [5.41, 5.74) is 1.05. The Labute approximate surface area is 157 Å². The van der Waals surface area contributed by atoms with Crippen LogP contribution in [0.2, 0.25) is 0 Å². The molecule has 5 heteroatoms. The van der Waals surface area contributed by atoms with E-state index < -0.39 is 0 Å². The van der Waals surface area contributed by atoms with Crippen LogP contribution in [0.4, 0.5) is 5.69 Å². The minimum Gasteiger partial charge on any atom is -0.361 e. The van der Waals surface area contributed by atoms with Crippen LogP contribution in [0.3, 0.4) is 0 Å². The van der Waals surface area contributed by atoms with E-state index in [9.17, 15) is 0 Å². The number of hydrogen-bond donors (Lipinski definition) is 2. The lowest BCUT2D eigenvalue weighted by atomic mass is 9.75. The van der Waals surface area contributed by atoms with Gasteiger partial charge in [-0.25, -0.2) is 0 Å². The number of likely N-dealkylation sites (tertiary alicyclic amines) is 1. The number of para-hydroxylation sites is 1. The summed E-state index contributed by atoms with van der Waals surface area (Å²) in [6.07, 6.45) is 5.53. The van der Waals surface area contributed by atoms with Crippen LogP contribution in [-0.4, -0.2) is 60.2 Å². The molecule has 4 fully saturated rings. The second-order valence-electron chi connectivity index (χ2n) is 7.90. The SMILES string of the molecule is S=C(NC[C@H]1C[C@@H]2CCN1C[C@@H]2CN1CCCC1)Nc1ccccc1. The number of nitrogens with one attached hydrogen (secondary N) is 2. The summed E-state index contributed by atoms with van der Waals surface area (Å²) in [6.45, 7) is 7.50. The first-order valence-electron chi connectivity index (χ1n) is 9.84. The summed E-state index contributed by atoms with van der Waals surface area (Å²) in [5.74, 6) is 1.80. The molecule has 1 aromatic rings. The van der Waals surface area contributed by atoms with Crippen molar-refractivity contribution < 1.29 is 0 Å². The molecule has 4 atom stereocenters. The molecule has 0 amide bonds. The van der Waals surface area contributed by atoms with Gasteiger partial charge in [-0.1, -0.05) is 18.2 Å². The maximum Gasteiger partial charge on any atom is 0.170 e. The van der Waals surface area contributed by atoms with Gasteiger partial charge in [0.2, 0.25) is 0 Å². The Morgan fingerprint density at radius 1 is 1.12 bits per heavy atom. The standard InChI is InChI=1S/C20H30N4S/c25-20(22-18-6-2-1-3-7-18)21-13-19-12-16-8-11-24(19)15-17(16)14-23-9-4-5-10-23/h1-3,6-7,16-17,19H,4-5,8-15H2,(H2,21,22,25)/t16-,17-,19+/m0/s1. The van der Waals surface area contributed by atoms with Crippen molar-refractivity contribution in [1.29, 1.82) is 0 Å². The number of piperidine rings is 3. The smallest absolute Gasteiger partial charge is 0.170 e. The Bertz CT molecular complexity index is 572. The van der Waals surface area contributed by atoms with E-state index in [0.717, 1.165) is 29.2 Å². The molecule has 4 heterocycles. The van der Waals surface area contributed by atoms with Crippen molar-refractivity contribution in [2.45, 2.75) is 31.7 Å². The summed E-state index contributed by atoms with van der Waals surface area (Å²) in [7, 11) is 0. The van der Waals surface area contributed by atoms with Crippen molar-refractivity contribution in [2.24, 2.45) is 11.8 Å². The van der Waals surface area contributed by atoms with Crippen LogP contribution in [0.15, 0.2) is 30.3 Å². The molecule has 0 aromatic heterocycles. The van der Waals surface area contributed by atoms with Crippen LogP contribution in [0, 0.1) is 11.8 Å². The van der Waals surface area contributed by atoms with E-state index in [1.54, 1.807) is 0 Å². The number of benzene rings is 1. The molecule has 4 aliphatic heterocycles. The van der Waals surface area contributed by atoms with E-state index in [-0.39, 0.29) is 0 Å². The molecule has 25 heavy (non-hydrogen) atoms. The van der Waals surface area contributed by atoms with Gasteiger partial charge in [-0.15, -0.1) is 0 Å². The summed E-state index contributed by atoms with van der Waals surface area (Å²) in [6, 6.07) is 10.8. The lowest BCUT2D eigenvalue weighted by Gasteiger charge is -2.50. The number of rotatable bonds is 5. The van der Waals surface area contributed by atoms with Crippen molar-refractivity contribution >= 4 is 23.0 Å². The molecule has 4 saturated heterocycles. The van der Waals surface area contributed by atoms with Crippen molar-refractivity contribution in [3.63, 3.8) is 0 Å². The van der Waals surface area contributed by atoms with Crippen LogP contribution in [-0.2, 0) is 0 Å². The van der Waals surface area contributed by atoms with Gasteiger partial charge in [0.05, 0.1) is 0 Å². The van der Waals surface area contributed by atoms with E-state index in [4.69, 9.17) is 12.2 Å². The van der Waals surface area contributed by atoms with Crippen LogP contribution < -0.4 is 10.6 Å². The maximum atomic E-state index is 5.46. The van der Waals surface area contributed by atoms with Gasteiger partial charge >= 0.3 is 0 Å². The first-order chi connectivity index (χ1) is 12.3. The predicted molar refractivity (Wildman–Crippen MR) is 108 cm³/mol. The van der Waals surface area contributed by atoms with Gasteiger partial charge in [-0.05, 0) is 81.5 Å². The molecule has 2 bridgehead atoms. The van der Waals surface area contributed by atoms with Gasteiger partial charge in [-0.2, -0.15) is 0 Å². The number of anilines is 1. The Morgan fingerprint density at radius 2 is 1.92 bits per heavy atom. The second kappa shape index (κ2) is 8.02. The van der Waals surface area contributed by atoms with Gasteiger partial charge in [0, 0.05) is 31.4 Å². The van der Waals surface area contributed by atoms with E-state index in [0.29, 0.717) is 6.04 Å². The minimum atomic E-state index is 0.643.